The van der Waals surface area contributed by atoms with Crippen molar-refractivity contribution < 1.29 is 61.8 Å². The van der Waals surface area contributed by atoms with Gasteiger partial charge in [-0.05, 0) is 6.42 Å². The molecule has 0 aliphatic carbocycles. The van der Waals surface area contributed by atoms with Crippen LogP contribution in [0.4, 0.5) is 0 Å². The molecule has 0 aromatic carbocycles. The van der Waals surface area contributed by atoms with Crippen LogP contribution in [-0.4, -0.2) is 53.7 Å². The Morgan fingerprint density at radius 2 is 1.33 bits per heavy atom. The van der Waals surface area contributed by atoms with E-state index >= 15 is 0 Å². The number of aldehydes is 1. The Labute approximate surface area is 118 Å². The van der Waals surface area contributed by atoms with Gasteiger partial charge in [0.2, 0.25) is 0 Å². The maximum absolute atomic E-state index is 10.4. The summed E-state index contributed by atoms with van der Waals surface area (Å²) in [7, 11) is -16.2. The summed E-state index contributed by atoms with van der Waals surface area (Å²) in [6, 6.07) is 0. The smallest absolute Gasteiger partial charge is 0.394 e. The van der Waals surface area contributed by atoms with Gasteiger partial charge in [-0.2, -0.15) is 8.62 Å². The van der Waals surface area contributed by atoms with Crippen LogP contribution in [0.2, 0.25) is 0 Å². The van der Waals surface area contributed by atoms with Gasteiger partial charge in [-0.1, -0.05) is 0 Å². The van der Waals surface area contributed by atoms with E-state index in [0.29, 0.717) is 12.8 Å². The zero-order chi connectivity index (χ0) is 17.3. The van der Waals surface area contributed by atoms with Crippen LogP contribution in [0.15, 0.2) is 0 Å². The lowest BCUT2D eigenvalue weighted by molar-refractivity contribution is -0.108. The number of aliphatic hydroxyl groups is 2. The summed E-state index contributed by atoms with van der Waals surface area (Å²) < 4.78 is 36.4. The maximum Gasteiger partial charge on any atom is 0.490 e. The van der Waals surface area contributed by atoms with Gasteiger partial charge in [-0.25, -0.2) is 13.7 Å². The maximum atomic E-state index is 10.4. The molecule has 0 aliphatic rings. The van der Waals surface area contributed by atoms with Crippen molar-refractivity contribution in [1.29, 1.82) is 0 Å². The number of carbonyl (C=O) groups is 1. The monoisotopic (exact) mass is 376 g/mol. The first-order valence-electron chi connectivity index (χ1n) is 4.81. The number of phosphoric acid groups is 3. The second-order valence-electron chi connectivity index (χ2n) is 3.19. The molecule has 0 saturated heterocycles. The molecule has 0 fully saturated rings. The van der Waals surface area contributed by atoms with Crippen molar-refractivity contribution in [3.8, 4) is 0 Å². The van der Waals surface area contributed by atoms with E-state index in [1.54, 1.807) is 0 Å². The molecule has 16 heteroatoms. The van der Waals surface area contributed by atoms with Crippen LogP contribution in [0.3, 0.4) is 0 Å². The normalized spacial score (nSPS) is 14.0. The average Bonchev–Trinajstić information content (AvgIpc) is 2.19. The molecule has 0 aromatic rings. The number of aliphatic hydroxyl groups excluding tert-OH is 2. The molecule has 0 radical (unpaired) electrons. The van der Waals surface area contributed by atoms with Gasteiger partial charge in [0.05, 0.1) is 12.7 Å². The molecule has 1 atom stereocenters. The summed E-state index contributed by atoms with van der Waals surface area (Å²) in [5, 5.41) is 16.8. The summed E-state index contributed by atoms with van der Waals surface area (Å²) in [6.45, 7) is -0.256. The van der Waals surface area contributed by atoms with Crippen molar-refractivity contribution in [3.05, 3.63) is 0 Å². The standard InChI is InChI=1S/C5H10O3.H5O10P3/c6-3-1-2-5(8)4-7;1-11(2,3)9-13(7,8)10-12(4,5)6/h3,5,7-8H,1-2,4H2;(H,7,8)(H2,1,2,3)(H2,4,5,6)/t5-;/m0./s1. The molecule has 0 aromatic heterocycles. The molecular formula is C5H15O13P3. The zero-order valence-electron chi connectivity index (χ0n) is 10.2. The number of rotatable bonds is 8. The molecule has 0 heterocycles. The predicted molar refractivity (Wildman–Crippen MR) is 64.5 cm³/mol. The largest absolute Gasteiger partial charge is 0.490 e. The van der Waals surface area contributed by atoms with E-state index < -0.39 is 29.6 Å². The lowest BCUT2D eigenvalue weighted by Gasteiger charge is -2.11. The van der Waals surface area contributed by atoms with E-state index in [1.165, 1.54) is 0 Å². The van der Waals surface area contributed by atoms with Crippen molar-refractivity contribution in [2.45, 2.75) is 18.9 Å². The fourth-order valence-corrected chi connectivity index (χ4v) is 3.17. The number of hydrogen-bond donors (Lipinski definition) is 7. The highest BCUT2D eigenvalue weighted by Gasteiger charge is 2.38. The summed E-state index contributed by atoms with van der Waals surface area (Å²) in [4.78, 5) is 49.8. The Balaban J connectivity index is 0. The molecule has 13 nitrogen and oxygen atoms in total. The molecule has 0 aliphatic heterocycles. The molecular weight excluding hydrogens is 361 g/mol. The van der Waals surface area contributed by atoms with E-state index in [0.717, 1.165) is 6.29 Å². The molecule has 0 bridgehead atoms. The van der Waals surface area contributed by atoms with Gasteiger partial charge in [0.1, 0.15) is 6.29 Å². The first-order valence-corrected chi connectivity index (χ1v) is 9.37. The van der Waals surface area contributed by atoms with Crippen LogP contribution >= 0.6 is 23.5 Å². The fraction of sp³-hybridized carbons (Fsp3) is 0.800. The lowest BCUT2D eigenvalue weighted by Crippen LogP contribution is -2.11. The quantitative estimate of drug-likeness (QED) is 0.192. The molecule has 21 heavy (non-hydrogen) atoms. The third-order valence-corrected chi connectivity index (χ3v) is 4.60. The van der Waals surface area contributed by atoms with Gasteiger partial charge in [0.25, 0.3) is 0 Å². The molecule has 0 spiro atoms. The Hall–Kier alpha value is -0.0000000000000000416. The minimum Gasteiger partial charge on any atom is -0.394 e. The van der Waals surface area contributed by atoms with Crippen molar-refractivity contribution in [3.63, 3.8) is 0 Å². The van der Waals surface area contributed by atoms with Gasteiger partial charge in [0.15, 0.2) is 0 Å². The predicted octanol–water partition coefficient (Wildman–Crippen LogP) is -1.38. The fourth-order valence-electron chi connectivity index (χ4n) is 0.635. The number of hydrogen-bond acceptors (Lipinski definition) is 8. The van der Waals surface area contributed by atoms with Crippen LogP contribution in [0.5, 0.6) is 0 Å². The van der Waals surface area contributed by atoms with E-state index in [2.05, 4.69) is 8.62 Å². The third kappa shape index (κ3) is 20.0. The van der Waals surface area contributed by atoms with Gasteiger partial charge < -0.3 is 39.5 Å². The van der Waals surface area contributed by atoms with Crippen molar-refractivity contribution in [1.82, 2.24) is 0 Å². The van der Waals surface area contributed by atoms with Gasteiger partial charge in [0, 0.05) is 6.42 Å². The van der Waals surface area contributed by atoms with E-state index in [4.69, 9.17) is 34.7 Å². The second-order valence-corrected chi connectivity index (χ2v) is 7.40. The van der Waals surface area contributed by atoms with Crippen LogP contribution < -0.4 is 0 Å². The van der Waals surface area contributed by atoms with Crippen LogP contribution in [0, 0.1) is 0 Å². The van der Waals surface area contributed by atoms with Crippen molar-refractivity contribution in [2.24, 2.45) is 0 Å². The molecule has 0 rings (SSSR count). The van der Waals surface area contributed by atoms with Crippen LogP contribution in [0.25, 0.3) is 0 Å². The Morgan fingerprint density at radius 3 is 1.57 bits per heavy atom. The average molecular weight is 376 g/mol. The first kappa shape index (κ1) is 23.3. The third-order valence-electron chi connectivity index (χ3n) is 1.25. The minimum atomic E-state index is -5.46. The van der Waals surface area contributed by atoms with Crippen molar-refractivity contribution >= 4 is 29.8 Å². The van der Waals surface area contributed by atoms with Crippen LogP contribution in [-0.2, 0) is 27.1 Å². The van der Waals surface area contributed by atoms with Crippen LogP contribution in [0.1, 0.15) is 12.8 Å². The number of carbonyl (C=O) groups excluding carboxylic acids is 1. The van der Waals surface area contributed by atoms with Crippen molar-refractivity contribution in [2.75, 3.05) is 6.61 Å². The molecule has 7 N–H and O–H groups in total. The minimum absolute atomic E-state index is 0.256. The summed E-state index contributed by atoms with van der Waals surface area (Å²) in [6.07, 6.45) is 0.681. The van der Waals surface area contributed by atoms with Gasteiger partial charge >= 0.3 is 23.5 Å². The van der Waals surface area contributed by atoms with E-state index in [-0.39, 0.29) is 6.61 Å². The second kappa shape index (κ2) is 9.90. The van der Waals surface area contributed by atoms with E-state index in [9.17, 15) is 18.5 Å². The topological polar surface area (TPSA) is 228 Å². The highest BCUT2D eigenvalue weighted by atomic mass is 31.3. The SMILES string of the molecule is O=CCC[C@H](O)CO.O=P(O)(O)OP(=O)(O)OP(=O)(O)O. The first-order chi connectivity index (χ1) is 9.22. The zero-order valence-corrected chi connectivity index (χ0v) is 12.9. The highest BCUT2D eigenvalue weighted by Crippen LogP contribution is 2.64. The lowest BCUT2D eigenvalue weighted by atomic mass is 10.2. The molecule has 0 saturated carbocycles. The van der Waals surface area contributed by atoms with Gasteiger partial charge in [-0.15, -0.1) is 0 Å². The summed E-state index contributed by atoms with van der Waals surface area (Å²) >= 11 is 0. The Bertz CT molecular complexity index is 407. The summed E-state index contributed by atoms with van der Waals surface area (Å²) in [5.41, 5.74) is 0. The molecule has 0 unspecified atom stereocenters. The Kier molecular flexibility index (Phi) is 11.0. The molecule has 128 valence electrons. The Morgan fingerprint density at radius 1 is 0.952 bits per heavy atom. The van der Waals surface area contributed by atoms with E-state index in [1.807, 2.05) is 0 Å². The summed E-state index contributed by atoms with van der Waals surface area (Å²) in [5.74, 6) is 0. The van der Waals surface area contributed by atoms with Gasteiger partial charge in [-0.3, -0.25) is 0 Å². The highest BCUT2D eigenvalue weighted by molar-refractivity contribution is 7.66. The molecule has 0 amide bonds.